The number of carbonyl (C=O) groups excluding carboxylic acids is 3. The molecule has 178 valence electrons. The maximum Gasteiger partial charge on any atom is 0.408 e. The molecule has 0 saturated heterocycles. The van der Waals surface area contributed by atoms with Gasteiger partial charge in [-0.2, -0.15) is 0 Å². The van der Waals surface area contributed by atoms with Gasteiger partial charge < -0.3 is 20.1 Å². The van der Waals surface area contributed by atoms with Crippen LogP contribution < -0.4 is 10.6 Å². The van der Waals surface area contributed by atoms with E-state index in [1.165, 1.54) is 0 Å². The van der Waals surface area contributed by atoms with Gasteiger partial charge in [0.2, 0.25) is 5.91 Å². The lowest BCUT2D eigenvalue weighted by atomic mass is 10.1. The number of nitrogens with one attached hydrogen (secondary N) is 2. The molecule has 0 radical (unpaired) electrons. The van der Waals surface area contributed by atoms with Gasteiger partial charge in [0.15, 0.2) is 11.6 Å². The maximum atomic E-state index is 14.1. The first-order chi connectivity index (χ1) is 15.4. The van der Waals surface area contributed by atoms with E-state index in [2.05, 4.69) is 26.6 Å². The van der Waals surface area contributed by atoms with Gasteiger partial charge in [0, 0.05) is 10.9 Å². The number of carbonyl (C=O) groups is 3. The Morgan fingerprint density at radius 2 is 1.67 bits per heavy atom. The Hall–Kier alpha value is -3.01. The summed E-state index contributed by atoms with van der Waals surface area (Å²) in [5.74, 6) is -3.54. The molecular weight excluding hydrogens is 502 g/mol. The second-order valence-corrected chi connectivity index (χ2v) is 9.03. The maximum absolute atomic E-state index is 14.1. The van der Waals surface area contributed by atoms with Gasteiger partial charge in [-0.15, -0.1) is 0 Å². The predicted octanol–water partition coefficient (Wildman–Crippen LogP) is 5.08. The SMILES string of the molecule is CC(C)(C)OC(=O)NC(CCC(=O)OCc1ccccc1)C(=O)Nc1c(F)cc(Br)cc1F. The number of hydrogen-bond donors (Lipinski definition) is 2. The lowest BCUT2D eigenvalue weighted by molar-refractivity contribution is -0.145. The molecule has 0 aliphatic carbocycles. The molecule has 0 aliphatic heterocycles. The van der Waals surface area contributed by atoms with Gasteiger partial charge in [0.25, 0.3) is 0 Å². The molecule has 0 fully saturated rings. The van der Waals surface area contributed by atoms with E-state index in [1.54, 1.807) is 45.0 Å². The van der Waals surface area contributed by atoms with Gasteiger partial charge in [-0.1, -0.05) is 46.3 Å². The van der Waals surface area contributed by atoms with Crippen LogP contribution in [0, 0.1) is 11.6 Å². The van der Waals surface area contributed by atoms with Crippen molar-refractivity contribution in [1.29, 1.82) is 0 Å². The fourth-order valence-corrected chi connectivity index (χ4v) is 3.06. The van der Waals surface area contributed by atoms with Crippen LogP contribution in [-0.4, -0.2) is 29.6 Å². The Kier molecular flexibility index (Phi) is 9.33. The van der Waals surface area contributed by atoms with Crippen molar-refractivity contribution in [2.45, 2.75) is 51.9 Å². The molecule has 0 aromatic heterocycles. The van der Waals surface area contributed by atoms with E-state index in [9.17, 15) is 23.2 Å². The van der Waals surface area contributed by atoms with Crippen LogP contribution in [0.5, 0.6) is 0 Å². The van der Waals surface area contributed by atoms with Crippen LogP contribution in [0.25, 0.3) is 0 Å². The molecule has 2 aromatic rings. The minimum Gasteiger partial charge on any atom is -0.461 e. The highest BCUT2D eigenvalue weighted by Gasteiger charge is 2.27. The summed E-state index contributed by atoms with van der Waals surface area (Å²) >= 11 is 2.96. The zero-order chi connectivity index (χ0) is 24.6. The van der Waals surface area contributed by atoms with Crippen molar-refractivity contribution < 1.29 is 32.6 Å². The fraction of sp³-hybridized carbons (Fsp3) is 0.348. The highest BCUT2D eigenvalue weighted by Crippen LogP contribution is 2.24. The molecule has 10 heteroatoms. The van der Waals surface area contributed by atoms with Crippen molar-refractivity contribution in [2.75, 3.05) is 5.32 Å². The van der Waals surface area contributed by atoms with E-state index >= 15 is 0 Å². The second-order valence-electron chi connectivity index (χ2n) is 8.12. The van der Waals surface area contributed by atoms with Gasteiger partial charge in [-0.25, -0.2) is 13.6 Å². The van der Waals surface area contributed by atoms with E-state index in [0.717, 1.165) is 17.7 Å². The van der Waals surface area contributed by atoms with Gasteiger partial charge in [-0.05, 0) is 44.9 Å². The minimum absolute atomic E-state index is 0.0470. The quantitative estimate of drug-likeness (QED) is 0.467. The standard InChI is InChI=1S/C23H25BrF2N2O5/c1-23(2,3)33-22(31)27-18(9-10-19(29)32-13-14-7-5-4-6-8-14)21(30)28-20-16(25)11-15(24)12-17(20)26/h4-8,11-12,18H,9-10,13H2,1-3H3,(H,27,31)(H,28,30). The Morgan fingerprint density at radius 3 is 2.24 bits per heavy atom. The summed E-state index contributed by atoms with van der Waals surface area (Å²) in [6, 6.07) is 9.65. The monoisotopic (exact) mass is 526 g/mol. The minimum atomic E-state index is -1.31. The smallest absolute Gasteiger partial charge is 0.408 e. The molecule has 0 saturated carbocycles. The topological polar surface area (TPSA) is 93.7 Å². The normalized spacial score (nSPS) is 11.9. The lowest BCUT2D eigenvalue weighted by Crippen LogP contribution is -2.46. The molecule has 33 heavy (non-hydrogen) atoms. The summed E-state index contributed by atoms with van der Waals surface area (Å²) < 4.78 is 38.7. The molecule has 0 aliphatic rings. The molecule has 0 heterocycles. The molecule has 2 amide bonds. The molecular formula is C23H25BrF2N2O5. The summed E-state index contributed by atoms with van der Waals surface area (Å²) in [6.45, 7) is 4.95. The van der Waals surface area contributed by atoms with Gasteiger partial charge >= 0.3 is 12.1 Å². The van der Waals surface area contributed by atoms with Crippen LogP contribution >= 0.6 is 15.9 Å². The number of alkyl carbamates (subject to hydrolysis) is 1. The van der Waals surface area contributed by atoms with Crippen molar-refractivity contribution in [3.63, 3.8) is 0 Å². The summed E-state index contributed by atoms with van der Waals surface area (Å²) in [6.07, 6.45) is -1.33. The van der Waals surface area contributed by atoms with Crippen LogP contribution in [0.3, 0.4) is 0 Å². The van der Waals surface area contributed by atoms with Crippen molar-refractivity contribution in [1.82, 2.24) is 5.32 Å². The van der Waals surface area contributed by atoms with Crippen molar-refractivity contribution in [2.24, 2.45) is 0 Å². The second kappa shape index (κ2) is 11.7. The van der Waals surface area contributed by atoms with Crippen LogP contribution in [-0.2, 0) is 25.7 Å². The van der Waals surface area contributed by atoms with E-state index in [0.29, 0.717) is 0 Å². The molecule has 1 atom stereocenters. The van der Waals surface area contributed by atoms with E-state index < -0.39 is 46.9 Å². The van der Waals surface area contributed by atoms with Crippen molar-refractivity contribution in [3.8, 4) is 0 Å². The highest BCUT2D eigenvalue weighted by molar-refractivity contribution is 9.10. The Bertz CT molecular complexity index is 973. The Balaban J connectivity index is 2.06. The van der Waals surface area contributed by atoms with Gasteiger partial charge in [0.1, 0.15) is 23.9 Å². The number of esters is 1. The van der Waals surface area contributed by atoms with Crippen LogP contribution in [0.15, 0.2) is 46.9 Å². The first-order valence-corrected chi connectivity index (χ1v) is 10.9. The van der Waals surface area contributed by atoms with Gasteiger partial charge in [0.05, 0.1) is 0 Å². The van der Waals surface area contributed by atoms with Crippen molar-refractivity contribution in [3.05, 3.63) is 64.1 Å². The zero-order valence-electron chi connectivity index (χ0n) is 18.4. The number of amides is 2. The van der Waals surface area contributed by atoms with E-state index in [-0.39, 0.29) is 23.9 Å². The van der Waals surface area contributed by atoms with Crippen LogP contribution in [0.4, 0.5) is 19.3 Å². The predicted molar refractivity (Wildman–Crippen MR) is 121 cm³/mol. The third kappa shape index (κ3) is 9.17. The van der Waals surface area contributed by atoms with Crippen LogP contribution in [0.2, 0.25) is 0 Å². The summed E-state index contributed by atoms with van der Waals surface area (Å²) in [7, 11) is 0. The molecule has 2 N–H and O–H groups in total. The van der Waals surface area contributed by atoms with E-state index in [4.69, 9.17) is 9.47 Å². The molecule has 2 rings (SSSR count). The third-order valence-electron chi connectivity index (χ3n) is 4.14. The average Bonchev–Trinajstić information content (AvgIpc) is 2.71. The molecule has 0 spiro atoms. The number of halogens is 3. The molecule has 7 nitrogen and oxygen atoms in total. The molecule has 1 unspecified atom stereocenters. The van der Waals surface area contributed by atoms with Gasteiger partial charge in [-0.3, -0.25) is 9.59 Å². The summed E-state index contributed by atoms with van der Waals surface area (Å²) in [5, 5.41) is 4.46. The number of rotatable bonds is 8. The first kappa shape index (κ1) is 26.2. The first-order valence-electron chi connectivity index (χ1n) is 10.1. The number of ether oxygens (including phenoxy) is 2. The number of hydrogen-bond acceptors (Lipinski definition) is 5. The Labute approximate surface area is 199 Å². The Morgan fingerprint density at radius 1 is 1.06 bits per heavy atom. The summed E-state index contributed by atoms with van der Waals surface area (Å²) in [5.41, 5.74) is -0.733. The molecule has 0 bridgehead atoms. The summed E-state index contributed by atoms with van der Waals surface area (Å²) in [4.78, 5) is 37.0. The van der Waals surface area contributed by atoms with Crippen molar-refractivity contribution >= 4 is 39.6 Å². The number of anilines is 1. The fourth-order valence-electron chi connectivity index (χ4n) is 2.66. The highest BCUT2D eigenvalue weighted by atomic mass is 79.9. The van der Waals surface area contributed by atoms with Crippen LogP contribution in [0.1, 0.15) is 39.2 Å². The third-order valence-corrected chi connectivity index (χ3v) is 4.60. The van der Waals surface area contributed by atoms with E-state index in [1.807, 2.05) is 6.07 Å². The molecule has 2 aromatic carbocycles. The lowest BCUT2D eigenvalue weighted by Gasteiger charge is -2.23. The number of benzene rings is 2. The average molecular weight is 527 g/mol. The largest absolute Gasteiger partial charge is 0.461 e. The zero-order valence-corrected chi connectivity index (χ0v) is 20.0.